The van der Waals surface area contributed by atoms with Crippen molar-refractivity contribution in [2.75, 3.05) is 20.6 Å². The summed E-state index contributed by atoms with van der Waals surface area (Å²) in [5.74, 6) is 0.559. The lowest BCUT2D eigenvalue weighted by Crippen LogP contribution is -2.31. The van der Waals surface area contributed by atoms with Crippen LogP contribution in [0.4, 0.5) is 0 Å². The van der Waals surface area contributed by atoms with Gasteiger partial charge in [-0.25, -0.2) is 0 Å². The smallest absolute Gasteiger partial charge is 0.149 e. The Morgan fingerprint density at radius 1 is 0.912 bits per heavy atom. The molecule has 34 heavy (non-hydrogen) atoms. The quantitative estimate of drug-likeness (QED) is 0.312. The number of hydrogen-bond donors (Lipinski definition) is 1. The van der Waals surface area contributed by atoms with Gasteiger partial charge in [0, 0.05) is 40.6 Å². The molecule has 1 N–H and O–H groups in total. The van der Waals surface area contributed by atoms with Gasteiger partial charge in [0.2, 0.25) is 0 Å². The van der Waals surface area contributed by atoms with Gasteiger partial charge in [-0.2, -0.15) is 0 Å². The van der Waals surface area contributed by atoms with Crippen molar-refractivity contribution in [3.05, 3.63) is 102 Å². The van der Waals surface area contributed by atoms with E-state index in [0.29, 0.717) is 18.7 Å². The number of fused-ring (bicyclic) bond motifs is 2. The molecule has 0 spiro atoms. The van der Waals surface area contributed by atoms with Crippen molar-refractivity contribution in [3.63, 3.8) is 0 Å². The zero-order valence-electron chi connectivity index (χ0n) is 20.0. The molecule has 0 bridgehead atoms. The van der Waals surface area contributed by atoms with Crippen LogP contribution in [0, 0.1) is 0 Å². The summed E-state index contributed by atoms with van der Waals surface area (Å²) in [5, 5.41) is 14.3. The molecule has 0 saturated carbocycles. The van der Waals surface area contributed by atoms with Gasteiger partial charge >= 0.3 is 0 Å². The molecule has 0 saturated heterocycles. The van der Waals surface area contributed by atoms with E-state index in [1.807, 2.05) is 80.8 Å². The minimum absolute atomic E-state index is 0.495. The molecule has 0 amide bonds. The van der Waals surface area contributed by atoms with Crippen LogP contribution in [0.15, 0.2) is 89.3 Å². The number of aromatic nitrogens is 1. The molecule has 4 nitrogen and oxygen atoms in total. The molecule has 3 aromatic carbocycles. The molecule has 2 aromatic heterocycles. The van der Waals surface area contributed by atoms with Crippen molar-refractivity contribution < 1.29 is 9.52 Å². The average Bonchev–Trinajstić information content (AvgIpc) is 3.31. The Morgan fingerprint density at radius 3 is 2.41 bits per heavy atom. The topological polar surface area (TPSA) is 49.5 Å². The summed E-state index contributed by atoms with van der Waals surface area (Å²) in [6, 6.07) is 28.4. The zero-order valence-corrected chi connectivity index (χ0v) is 20.0. The largest absolute Gasteiger partial charge is 0.458 e. The van der Waals surface area contributed by atoms with Crippen molar-refractivity contribution in [1.29, 1.82) is 0 Å². The highest BCUT2D eigenvalue weighted by molar-refractivity contribution is 5.89. The van der Waals surface area contributed by atoms with Crippen molar-refractivity contribution in [2.45, 2.75) is 25.4 Å². The van der Waals surface area contributed by atoms with Crippen LogP contribution in [-0.2, 0) is 12.0 Å². The third-order valence-corrected chi connectivity index (χ3v) is 6.56. The zero-order chi connectivity index (χ0) is 23.7. The highest BCUT2D eigenvalue weighted by atomic mass is 16.4. The number of aryl methyl sites for hydroxylation is 1. The maximum absolute atomic E-state index is 12.3. The van der Waals surface area contributed by atoms with E-state index in [1.165, 1.54) is 0 Å². The van der Waals surface area contributed by atoms with Crippen molar-refractivity contribution in [2.24, 2.45) is 0 Å². The van der Waals surface area contributed by atoms with E-state index in [-0.39, 0.29) is 0 Å². The number of benzene rings is 3. The summed E-state index contributed by atoms with van der Waals surface area (Å²) in [6.07, 6.45) is 1.33. The Morgan fingerprint density at radius 2 is 1.68 bits per heavy atom. The number of aliphatic hydroxyl groups is 1. The van der Waals surface area contributed by atoms with Crippen LogP contribution in [0.2, 0.25) is 0 Å². The number of para-hydroxylation sites is 1. The Balaban J connectivity index is 1.76. The molecule has 0 aliphatic rings. The molecule has 5 rings (SSSR count). The van der Waals surface area contributed by atoms with Gasteiger partial charge in [0.05, 0.1) is 5.52 Å². The molecular weight excluding hydrogens is 420 g/mol. The van der Waals surface area contributed by atoms with Gasteiger partial charge in [0.15, 0.2) is 0 Å². The van der Waals surface area contributed by atoms with Crippen LogP contribution in [-0.4, -0.2) is 35.6 Å². The van der Waals surface area contributed by atoms with Gasteiger partial charge in [-0.1, -0.05) is 67.6 Å². The van der Waals surface area contributed by atoms with Crippen molar-refractivity contribution in [1.82, 2.24) is 9.88 Å². The minimum atomic E-state index is -1.30. The lowest BCUT2D eigenvalue weighted by molar-refractivity contribution is 0.0438. The van der Waals surface area contributed by atoms with Gasteiger partial charge in [0.1, 0.15) is 16.9 Å². The van der Waals surface area contributed by atoms with E-state index in [2.05, 4.69) is 30.0 Å². The van der Waals surface area contributed by atoms with Gasteiger partial charge in [0.25, 0.3) is 0 Å². The van der Waals surface area contributed by atoms with Crippen molar-refractivity contribution >= 4 is 21.9 Å². The fraction of sp³-hybridized carbons (Fsp3) is 0.233. The standard InChI is InChI=1S/C30H30N2O2/c1-4-26-23(21-11-6-5-7-12-21)20-24-25(14-10-15-27(24)31-26)30(33,17-18-32(2)3)29-19-22-13-8-9-16-28(22)34-29/h5-16,19-20,33H,4,17-18H2,1-3H3. The van der Waals surface area contributed by atoms with E-state index in [4.69, 9.17) is 9.40 Å². The molecule has 4 heteroatoms. The third kappa shape index (κ3) is 4.00. The van der Waals surface area contributed by atoms with Crippen molar-refractivity contribution in [3.8, 4) is 11.1 Å². The van der Waals surface area contributed by atoms with E-state index < -0.39 is 5.60 Å². The summed E-state index contributed by atoms with van der Waals surface area (Å²) < 4.78 is 6.24. The first-order valence-corrected chi connectivity index (χ1v) is 11.8. The molecule has 0 aliphatic heterocycles. The van der Waals surface area contributed by atoms with E-state index in [9.17, 15) is 5.11 Å². The summed E-state index contributed by atoms with van der Waals surface area (Å²) in [7, 11) is 4.04. The second-order valence-corrected chi connectivity index (χ2v) is 9.14. The minimum Gasteiger partial charge on any atom is -0.458 e. The number of nitrogens with zero attached hydrogens (tertiary/aromatic N) is 2. The van der Waals surface area contributed by atoms with Gasteiger partial charge < -0.3 is 14.4 Å². The molecule has 1 unspecified atom stereocenters. The number of rotatable bonds is 7. The Hall–Kier alpha value is -3.47. The average molecular weight is 451 g/mol. The number of pyridine rings is 1. The van der Waals surface area contributed by atoms with Crippen LogP contribution in [0.1, 0.15) is 30.4 Å². The Bertz CT molecular complexity index is 1410. The van der Waals surface area contributed by atoms with E-state index in [0.717, 1.165) is 50.7 Å². The van der Waals surface area contributed by atoms with Crippen LogP contribution in [0.3, 0.4) is 0 Å². The Labute approximate surface area is 200 Å². The SMILES string of the molecule is CCc1nc2cccc(C(O)(CCN(C)C)c3cc4ccccc4o3)c2cc1-c1ccccc1. The summed E-state index contributed by atoms with van der Waals surface area (Å²) in [5.41, 5.74) is 4.46. The fourth-order valence-electron chi connectivity index (χ4n) is 4.69. The first-order chi connectivity index (χ1) is 16.5. The number of furan rings is 1. The van der Waals surface area contributed by atoms with Gasteiger partial charge in [-0.05, 0) is 50.3 Å². The highest BCUT2D eigenvalue weighted by Gasteiger charge is 2.37. The van der Waals surface area contributed by atoms with Crippen LogP contribution in [0.25, 0.3) is 33.0 Å². The Kier molecular flexibility index (Phi) is 5.94. The maximum Gasteiger partial charge on any atom is 0.149 e. The molecular formula is C30H30N2O2. The molecule has 172 valence electrons. The first-order valence-electron chi connectivity index (χ1n) is 11.8. The lowest BCUT2D eigenvalue weighted by Gasteiger charge is -2.29. The summed E-state index contributed by atoms with van der Waals surface area (Å²) in [4.78, 5) is 7.11. The van der Waals surface area contributed by atoms with E-state index in [1.54, 1.807) is 0 Å². The second-order valence-electron chi connectivity index (χ2n) is 9.14. The van der Waals surface area contributed by atoms with Gasteiger partial charge in [-0.3, -0.25) is 4.98 Å². The molecule has 2 heterocycles. The summed E-state index contributed by atoms with van der Waals surface area (Å²) >= 11 is 0. The maximum atomic E-state index is 12.3. The predicted octanol–water partition coefficient (Wildman–Crippen LogP) is 6.40. The second kappa shape index (κ2) is 9.05. The van der Waals surface area contributed by atoms with Crippen LogP contribution in [0.5, 0.6) is 0 Å². The van der Waals surface area contributed by atoms with E-state index >= 15 is 0 Å². The van der Waals surface area contributed by atoms with Crippen LogP contribution < -0.4 is 0 Å². The molecule has 0 radical (unpaired) electrons. The lowest BCUT2D eigenvalue weighted by atomic mass is 9.84. The summed E-state index contributed by atoms with van der Waals surface area (Å²) in [6.45, 7) is 2.84. The molecule has 1 atom stereocenters. The first kappa shape index (κ1) is 22.3. The van der Waals surface area contributed by atoms with Crippen LogP contribution >= 0.6 is 0 Å². The number of hydrogen-bond acceptors (Lipinski definition) is 4. The molecule has 0 aliphatic carbocycles. The fourth-order valence-corrected chi connectivity index (χ4v) is 4.69. The predicted molar refractivity (Wildman–Crippen MR) is 139 cm³/mol. The highest BCUT2D eigenvalue weighted by Crippen LogP contribution is 2.41. The monoisotopic (exact) mass is 450 g/mol. The molecule has 5 aromatic rings. The third-order valence-electron chi connectivity index (χ3n) is 6.56. The van der Waals surface area contributed by atoms with Gasteiger partial charge in [-0.15, -0.1) is 0 Å². The molecule has 0 fully saturated rings. The normalized spacial score (nSPS) is 13.6.